The Morgan fingerprint density at radius 2 is 1.82 bits per heavy atom. The van der Waals surface area contributed by atoms with Crippen molar-refractivity contribution in [2.24, 2.45) is 0 Å². The van der Waals surface area contributed by atoms with Crippen LogP contribution in [-0.2, 0) is 19.5 Å². The van der Waals surface area contributed by atoms with Gasteiger partial charge in [-0.3, -0.25) is 0 Å². The summed E-state index contributed by atoms with van der Waals surface area (Å²) in [6, 6.07) is 21.2. The minimum atomic E-state index is 0.782. The van der Waals surface area contributed by atoms with Crippen molar-refractivity contribution in [1.82, 2.24) is 9.55 Å². The van der Waals surface area contributed by atoms with Crippen molar-refractivity contribution in [2.75, 3.05) is 7.11 Å². The molecule has 1 aliphatic heterocycles. The van der Waals surface area contributed by atoms with Gasteiger partial charge in [0.1, 0.15) is 11.6 Å². The zero-order valence-electron chi connectivity index (χ0n) is 15.9. The number of benzene rings is 2. The zero-order chi connectivity index (χ0) is 18.9. The van der Waals surface area contributed by atoms with E-state index in [0.717, 1.165) is 31.1 Å². The van der Waals surface area contributed by atoms with E-state index in [9.17, 15) is 0 Å². The van der Waals surface area contributed by atoms with Gasteiger partial charge in [-0.1, -0.05) is 36.4 Å². The van der Waals surface area contributed by atoms with Crippen molar-refractivity contribution in [3.05, 3.63) is 102 Å². The Morgan fingerprint density at radius 1 is 1.00 bits per heavy atom. The Labute approximate surface area is 164 Å². The van der Waals surface area contributed by atoms with Gasteiger partial charge in [0.05, 0.1) is 19.1 Å². The molecule has 2 aromatic carbocycles. The highest BCUT2D eigenvalue weighted by Gasteiger charge is 2.26. The summed E-state index contributed by atoms with van der Waals surface area (Å²) in [6.07, 6.45) is 7.05. The number of pyridine rings is 1. The Hall–Kier alpha value is -3.40. The van der Waals surface area contributed by atoms with Crippen LogP contribution in [0.2, 0.25) is 0 Å². The van der Waals surface area contributed by atoms with Crippen molar-refractivity contribution < 1.29 is 9.30 Å². The molecule has 0 N–H and O–H groups in total. The van der Waals surface area contributed by atoms with Crippen LogP contribution >= 0.6 is 0 Å². The van der Waals surface area contributed by atoms with Crippen LogP contribution in [0.5, 0.6) is 5.75 Å². The maximum absolute atomic E-state index is 5.27. The molecule has 0 radical (unpaired) electrons. The molecule has 0 atom stereocenters. The van der Waals surface area contributed by atoms with Crippen molar-refractivity contribution >= 4 is 0 Å². The molecule has 0 aliphatic carbocycles. The number of fused-ring (bicyclic) bond motifs is 2. The first kappa shape index (κ1) is 16.8. The summed E-state index contributed by atoms with van der Waals surface area (Å²) in [5.74, 6) is 1.89. The van der Waals surface area contributed by atoms with E-state index < -0.39 is 0 Å². The molecule has 3 heterocycles. The number of rotatable bonds is 4. The minimum absolute atomic E-state index is 0.782. The molecule has 0 saturated heterocycles. The fourth-order valence-corrected chi connectivity index (χ4v) is 3.99. The normalized spacial score (nSPS) is 12.3. The molecule has 28 heavy (non-hydrogen) atoms. The summed E-state index contributed by atoms with van der Waals surface area (Å²) in [4.78, 5) is 4.71. The Balaban J connectivity index is 1.51. The summed E-state index contributed by atoms with van der Waals surface area (Å²) in [7, 11) is 1.69. The number of methoxy groups -OCH3 is 1. The first-order chi connectivity index (χ1) is 13.8. The van der Waals surface area contributed by atoms with Gasteiger partial charge >= 0.3 is 0 Å². The van der Waals surface area contributed by atoms with Crippen molar-refractivity contribution in [3.63, 3.8) is 0 Å². The van der Waals surface area contributed by atoms with Crippen LogP contribution in [0.4, 0.5) is 0 Å². The molecule has 4 nitrogen and oxygen atoms in total. The third kappa shape index (κ3) is 2.97. The highest BCUT2D eigenvalue weighted by atomic mass is 16.5. The number of ether oxygens (including phenoxy) is 1. The maximum Gasteiger partial charge on any atom is 0.197 e. The van der Waals surface area contributed by atoms with E-state index in [2.05, 4.69) is 70.1 Å². The van der Waals surface area contributed by atoms with Crippen molar-refractivity contribution in [2.45, 2.75) is 19.5 Å². The van der Waals surface area contributed by atoms with Crippen LogP contribution in [0.1, 0.15) is 22.4 Å². The van der Waals surface area contributed by atoms with Crippen LogP contribution in [0.15, 0.2) is 79.3 Å². The van der Waals surface area contributed by atoms with Gasteiger partial charge in [0.15, 0.2) is 18.4 Å². The van der Waals surface area contributed by atoms with Gasteiger partial charge in [-0.05, 0) is 29.3 Å². The predicted molar refractivity (Wildman–Crippen MR) is 108 cm³/mol. The van der Waals surface area contributed by atoms with Gasteiger partial charge in [-0.2, -0.15) is 4.57 Å². The Kier molecular flexibility index (Phi) is 4.17. The molecule has 0 unspecified atom stereocenters. The SMILES string of the molecule is COc1ccc(Cn2ccnc2-c2ccc[n+]3c2Cc2ccccc2C3)cc1. The topological polar surface area (TPSA) is 30.9 Å². The summed E-state index contributed by atoms with van der Waals surface area (Å²) in [5.41, 5.74) is 6.56. The Morgan fingerprint density at radius 3 is 2.64 bits per heavy atom. The Bertz CT molecular complexity index is 1130. The molecule has 4 aromatic rings. The van der Waals surface area contributed by atoms with Gasteiger partial charge in [-0.25, -0.2) is 4.98 Å². The van der Waals surface area contributed by atoms with E-state index in [0.29, 0.717) is 0 Å². The number of hydrogen-bond donors (Lipinski definition) is 0. The monoisotopic (exact) mass is 368 g/mol. The average molecular weight is 368 g/mol. The number of nitrogens with zero attached hydrogens (tertiary/aromatic N) is 3. The van der Waals surface area contributed by atoms with Crippen LogP contribution in [-0.4, -0.2) is 16.7 Å². The number of imidazole rings is 1. The molecular formula is C24H22N3O+. The van der Waals surface area contributed by atoms with Crippen LogP contribution in [0.25, 0.3) is 11.4 Å². The second-order valence-corrected chi connectivity index (χ2v) is 7.17. The standard InChI is InChI=1S/C24H22N3O/c1-28-21-10-8-18(9-11-21)16-27-14-12-25-24(27)22-7-4-13-26-17-20-6-3-2-5-19(20)15-23(22)26/h2-14H,15-17H2,1H3/q+1. The molecule has 0 amide bonds. The second-order valence-electron chi connectivity index (χ2n) is 7.17. The van der Waals surface area contributed by atoms with Crippen molar-refractivity contribution in [3.8, 4) is 17.1 Å². The van der Waals surface area contributed by atoms with Crippen molar-refractivity contribution in [1.29, 1.82) is 0 Å². The molecule has 0 spiro atoms. The van der Waals surface area contributed by atoms with Gasteiger partial charge in [-0.15, -0.1) is 0 Å². The van der Waals surface area contributed by atoms with Gasteiger partial charge in [0, 0.05) is 30.6 Å². The molecule has 2 aromatic heterocycles. The van der Waals surface area contributed by atoms with Crippen LogP contribution < -0.4 is 9.30 Å². The predicted octanol–water partition coefficient (Wildman–Crippen LogP) is 3.85. The highest BCUT2D eigenvalue weighted by Crippen LogP contribution is 2.26. The van der Waals surface area contributed by atoms with Crippen LogP contribution in [0, 0.1) is 0 Å². The largest absolute Gasteiger partial charge is 0.497 e. The highest BCUT2D eigenvalue weighted by molar-refractivity contribution is 5.59. The van der Waals surface area contributed by atoms with Crippen LogP contribution in [0.3, 0.4) is 0 Å². The van der Waals surface area contributed by atoms with E-state index in [1.54, 1.807) is 7.11 Å². The van der Waals surface area contributed by atoms with E-state index in [4.69, 9.17) is 9.72 Å². The number of aromatic nitrogens is 3. The van der Waals surface area contributed by atoms with E-state index in [1.807, 2.05) is 18.3 Å². The fraction of sp³-hybridized carbons (Fsp3) is 0.167. The average Bonchev–Trinajstić information content (AvgIpc) is 3.20. The molecule has 0 saturated carbocycles. The fourth-order valence-electron chi connectivity index (χ4n) is 3.99. The number of hydrogen-bond acceptors (Lipinski definition) is 2. The molecule has 0 bridgehead atoms. The lowest BCUT2D eigenvalue weighted by Gasteiger charge is -2.17. The minimum Gasteiger partial charge on any atom is -0.497 e. The third-order valence-corrected chi connectivity index (χ3v) is 5.47. The smallest absolute Gasteiger partial charge is 0.197 e. The molecule has 4 heteroatoms. The maximum atomic E-state index is 5.27. The van der Waals surface area contributed by atoms with E-state index >= 15 is 0 Å². The molecule has 5 rings (SSSR count). The molecule has 138 valence electrons. The molecule has 1 aliphatic rings. The summed E-state index contributed by atoms with van der Waals surface area (Å²) in [5, 5.41) is 0. The molecule has 0 fully saturated rings. The molecular weight excluding hydrogens is 346 g/mol. The lowest BCUT2D eigenvalue weighted by molar-refractivity contribution is -0.697. The van der Waals surface area contributed by atoms with E-state index in [-0.39, 0.29) is 0 Å². The second kappa shape index (κ2) is 6.97. The lowest BCUT2D eigenvalue weighted by Crippen LogP contribution is -2.42. The quantitative estimate of drug-likeness (QED) is 0.451. The summed E-state index contributed by atoms with van der Waals surface area (Å²) >= 11 is 0. The summed E-state index contributed by atoms with van der Waals surface area (Å²) < 4.78 is 9.84. The third-order valence-electron chi connectivity index (χ3n) is 5.47. The van der Waals surface area contributed by atoms with Gasteiger partial charge in [0.2, 0.25) is 0 Å². The summed E-state index contributed by atoms with van der Waals surface area (Å²) in [6.45, 7) is 1.70. The lowest BCUT2D eigenvalue weighted by atomic mass is 9.95. The first-order valence-corrected chi connectivity index (χ1v) is 9.54. The van der Waals surface area contributed by atoms with Gasteiger partial charge < -0.3 is 9.30 Å². The zero-order valence-corrected chi connectivity index (χ0v) is 15.9. The first-order valence-electron chi connectivity index (χ1n) is 9.54. The van der Waals surface area contributed by atoms with Gasteiger partial charge in [0.25, 0.3) is 0 Å². The van der Waals surface area contributed by atoms with E-state index in [1.165, 1.54) is 27.9 Å².